The molecule has 0 atom stereocenters. The fourth-order valence-electron chi connectivity index (χ4n) is 2.00. The normalized spacial score (nSPS) is 16.3. The Labute approximate surface area is 150 Å². The summed E-state index contributed by atoms with van der Waals surface area (Å²) >= 11 is 6.18. The van der Waals surface area contributed by atoms with Gasteiger partial charge in [-0.3, -0.25) is 14.5 Å². The smallest absolute Gasteiger partial charge is 0.323 e. The Balaban J connectivity index is 2.02. The Hall–Kier alpha value is -1.86. The molecule has 2 rings (SSSR count). The van der Waals surface area contributed by atoms with Crippen LogP contribution in [0.1, 0.15) is 25.8 Å². The first kappa shape index (κ1) is 18.5. The van der Waals surface area contributed by atoms with Gasteiger partial charge in [-0.05, 0) is 36.1 Å². The largest absolute Gasteiger partial charge is 0.494 e. The molecule has 0 saturated carbocycles. The first-order valence-corrected chi connectivity index (χ1v) is 8.79. The van der Waals surface area contributed by atoms with Gasteiger partial charge in [-0.25, -0.2) is 0 Å². The predicted molar refractivity (Wildman–Crippen MR) is 98.9 cm³/mol. The van der Waals surface area contributed by atoms with E-state index >= 15 is 0 Å². The molecule has 1 saturated heterocycles. The zero-order valence-electron chi connectivity index (χ0n) is 13.5. The van der Waals surface area contributed by atoms with Crippen molar-refractivity contribution in [3.05, 3.63) is 34.7 Å². The number of rotatable bonds is 7. The topological polar surface area (TPSA) is 66.8 Å². The van der Waals surface area contributed by atoms with Crippen LogP contribution >= 0.6 is 24.0 Å². The van der Waals surface area contributed by atoms with Crippen LogP contribution in [0.15, 0.2) is 29.2 Å². The third-order valence-corrected chi connectivity index (χ3v) is 4.69. The Kier molecular flexibility index (Phi) is 6.39. The van der Waals surface area contributed by atoms with Crippen molar-refractivity contribution in [2.45, 2.75) is 20.3 Å². The monoisotopic (exact) mass is 365 g/mol. The SMILES string of the molecule is CC(C)CCOc1ccc(/C=C2\SC(=S)N(CC(=O)O)C2=O)cc1. The summed E-state index contributed by atoms with van der Waals surface area (Å²) in [7, 11) is 0. The third kappa shape index (κ3) is 5.07. The number of carboxylic acid groups (broad SMARTS) is 1. The zero-order valence-corrected chi connectivity index (χ0v) is 15.2. The maximum absolute atomic E-state index is 12.2. The highest BCUT2D eigenvalue weighted by atomic mass is 32.2. The number of carbonyl (C=O) groups is 2. The number of ether oxygens (including phenoxy) is 1. The van der Waals surface area contributed by atoms with Crippen LogP contribution in [0.4, 0.5) is 0 Å². The van der Waals surface area contributed by atoms with Gasteiger partial charge in [0, 0.05) is 0 Å². The van der Waals surface area contributed by atoms with E-state index in [1.807, 2.05) is 24.3 Å². The molecule has 0 radical (unpaired) electrons. The number of carboxylic acids is 1. The number of carbonyl (C=O) groups excluding carboxylic acids is 1. The van der Waals surface area contributed by atoms with E-state index in [4.69, 9.17) is 22.1 Å². The van der Waals surface area contributed by atoms with Gasteiger partial charge in [0.2, 0.25) is 0 Å². The molecule has 1 aliphatic heterocycles. The molecule has 128 valence electrons. The maximum atomic E-state index is 12.2. The summed E-state index contributed by atoms with van der Waals surface area (Å²) in [5, 5.41) is 8.82. The van der Waals surface area contributed by atoms with Gasteiger partial charge in [-0.1, -0.05) is 50.0 Å². The summed E-state index contributed by atoms with van der Waals surface area (Å²) in [6.45, 7) is 4.55. The van der Waals surface area contributed by atoms with Crippen LogP contribution in [-0.2, 0) is 9.59 Å². The molecule has 1 heterocycles. The molecule has 5 nitrogen and oxygen atoms in total. The molecular formula is C17H19NO4S2. The van der Waals surface area contributed by atoms with Gasteiger partial charge in [-0.2, -0.15) is 0 Å². The number of nitrogens with zero attached hydrogens (tertiary/aromatic N) is 1. The lowest BCUT2D eigenvalue weighted by Gasteiger charge is -2.10. The number of hydrogen-bond donors (Lipinski definition) is 1. The summed E-state index contributed by atoms with van der Waals surface area (Å²) < 4.78 is 5.92. The van der Waals surface area contributed by atoms with Crippen molar-refractivity contribution in [1.29, 1.82) is 0 Å². The lowest BCUT2D eigenvalue weighted by atomic mass is 10.1. The van der Waals surface area contributed by atoms with E-state index in [1.54, 1.807) is 6.08 Å². The van der Waals surface area contributed by atoms with E-state index < -0.39 is 12.5 Å². The van der Waals surface area contributed by atoms with Gasteiger partial charge in [-0.15, -0.1) is 0 Å². The highest BCUT2D eigenvalue weighted by Crippen LogP contribution is 2.32. The van der Waals surface area contributed by atoms with Gasteiger partial charge in [0.15, 0.2) is 0 Å². The van der Waals surface area contributed by atoms with Crippen LogP contribution in [-0.4, -0.2) is 39.4 Å². The average Bonchev–Trinajstić information content (AvgIpc) is 2.76. The Bertz CT molecular complexity index is 668. The van der Waals surface area contributed by atoms with Gasteiger partial charge in [0.25, 0.3) is 5.91 Å². The second-order valence-electron chi connectivity index (χ2n) is 5.76. The summed E-state index contributed by atoms with van der Waals surface area (Å²) in [4.78, 5) is 24.5. The van der Waals surface area contributed by atoms with E-state index in [1.165, 1.54) is 0 Å². The van der Waals surface area contributed by atoms with Crippen LogP contribution in [0.2, 0.25) is 0 Å². The lowest BCUT2D eigenvalue weighted by molar-refractivity contribution is -0.140. The Morgan fingerprint density at radius 3 is 2.62 bits per heavy atom. The number of thiocarbonyl (C=S) groups is 1. The number of hydrogen-bond acceptors (Lipinski definition) is 5. The molecule has 1 aliphatic rings. The minimum absolute atomic E-state index is 0.266. The van der Waals surface area contributed by atoms with Gasteiger partial charge >= 0.3 is 5.97 Å². The highest BCUT2D eigenvalue weighted by molar-refractivity contribution is 8.26. The Morgan fingerprint density at radius 1 is 1.38 bits per heavy atom. The molecule has 24 heavy (non-hydrogen) atoms. The van der Waals surface area contributed by atoms with E-state index in [0.29, 0.717) is 17.4 Å². The number of thioether (sulfide) groups is 1. The van der Waals surface area contributed by atoms with Crippen molar-refractivity contribution in [3.63, 3.8) is 0 Å². The first-order chi connectivity index (χ1) is 11.4. The lowest BCUT2D eigenvalue weighted by Crippen LogP contribution is -2.33. The van der Waals surface area contributed by atoms with Crippen molar-refractivity contribution in [2.75, 3.05) is 13.2 Å². The number of benzene rings is 1. The zero-order chi connectivity index (χ0) is 17.7. The van der Waals surface area contributed by atoms with Crippen molar-refractivity contribution >= 4 is 46.3 Å². The standard InChI is InChI=1S/C17H19NO4S2/c1-11(2)7-8-22-13-5-3-12(4-6-13)9-14-16(21)18(10-15(19)20)17(23)24-14/h3-6,9,11H,7-8,10H2,1-2H3,(H,19,20)/b14-9-. The average molecular weight is 365 g/mol. The van der Waals surface area contributed by atoms with Crippen LogP contribution in [0, 0.1) is 5.92 Å². The van der Waals surface area contributed by atoms with Gasteiger partial charge in [0.1, 0.15) is 16.6 Å². The number of amides is 1. The minimum atomic E-state index is -1.09. The molecule has 7 heteroatoms. The maximum Gasteiger partial charge on any atom is 0.323 e. The first-order valence-electron chi connectivity index (χ1n) is 7.57. The molecule has 1 aromatic rings. The van der Waals surface area contributed by atoms with E-state index in [9.17, 15) is 9.59 Å². The summed E-state index contributed by atoms with van der Waals surface area (Å²) in [5.41, 5.74) is 0.835. The fourth-order valence-corrected chi connectivity index (χ4v) is 3.25. The molecule has 0 aliphatic carbocycles. The molecule has 0 unspecified atom stereocenters. The summed E-state index contributed by atoms with van der Waals surface area (Å²) in [5.74, 6) is -0.0802. The highest BCUT2D eigenvalue weighted by Gasteiger charge is 2.33. The summed E-state index contributed by atoms with van der Waals surface area (Å²) in [6, 6.07) is 7.41. The van der Waals surface area contributed by atoms with Crippen molar-refractivity contribution in [1.82, 2.24) is 4.90 Å². The Morgan fingerprint density at radius 2 is 2.04 bits per heavy atom. The van der Waals surface area contributed by atoms with Crippen molar-refractivity contribution in [2.24, 2.45) is 5.92 Å². The fraction of sp³-hybridized carbons (Fsp3) is 0.353. The molecule has 1 aromatic carbocycles. The van der Waals surface area contributed by atoms with Gasteiger partial charge in [0.05, 0.1) is 11.5 Å². The van der Waals surface area contributed by atoms with Crippen LogP contribution in [0.25, 0.3) is 6.08 Å². The minimum Gasteiger partial charge on any atom is -0.494 e. The second kappa shape index (κ2) is 8.30. The summed E-state index contributed by atoms with van der Waals surface area (Å²) in [6.07, 6.45) is 2.70. The third-order valence-electron chi connectivity index (χ3n) is 3.31. The molecule has 0 spiro atoms. The van der Waals surface area contributed by atoms with E-state index in [0.717, 1.165) is 34.4 Å². The van der Waals surface area contributed by atoms with Crippen LogP contribution < -0.4 is 4.74 Å². The van der Waals surface area contributed by atoms with Crippen molar-refractivity contribution < 1.29 is 19.4 Å². The van der Waals surface area contributed by atoms with E-state index in [-0.39, 0.29) is 10.2 Å². The molecule has 1 amide bonds. The quantitative estimate of drug-likeness (QED) is 0.590. The van der Waals surface area contributed by atoms with E-state index in [2.05, 4.69) is 13.8 Å². The molecular weight excluding hydrogens is 346 g/mol. The second-order valence-corrected chi connectivity index (χ2v) is 7.44. The molecule has 0 bridgehead atoms. The van der Waals surface area contributed by atoms with Crippen LogP contribution in [0.3, 0.4) is 0 Å². The van der Waals surface area contributed by atoms with Crippen LogP contribution in [0.5, 0.6) is 5.75 Å². The predicted octanol–water partition coefficient (Wildman–Crippen LogP) is 3.40. The van der Waals surface area contributed by atoms with Gasteiger partial charge < -0.3 is 9.84 Å². The number of aliphatic carboxylic acids is 1. The molecule has 1 fully saturated rings. The molecule has 1 N–H and O–H groups in total. The molecule has 0 aromatic heterocycles. The van der Waals surface area contributed by atoms with Crippen molar-refractivity contribution in [3.8, 4) is 5.75 Å².